The van der Waals surface area contributed by atoms with Crippen LogP contribution in [0.25, 0.3) is 0 Å². The smallest absolute Gasteiger partial charge is 0.416 e. The first kappa shape index (κ1) is 17.2. The molecule has 20 heavy (non-hydrogen) atoms. The Bertz CT molecular complexity index is 348. The van der Waals surface area contributed by atoms with Crippen molar-refractivity contribution in [3.05, 3.63) is 0 Å². The minimum Gasteiger partial charge on any atom is -0.447 e. The van der Waals surface area contributed by atoms with Gasteiger partial charge in [-0.15, -0.1) is 11.6 Å². The summed E-state index contributed by atoms with van der Waals surface area (Å²) in [6.07, 6.45) is 0.718. The maximum atomic E-state index is 12.4. The number of hydrogen-bond donors (Lipinski definition) is 1. The zero-order valence-electron chi connectivity index (χ0n) is 12.3. The normalized spacial score (nSPS) is 22.0. The molecule has 116 valence electrons. The van der Waals surface area contributed by atoms with Crippen LogP contribution >= 0.6 is 11.6 Å². The van der Waals surface area contributed by atoms with Crippen molar-refractivity contribution < 1.29 is 19.4 Å². The number of halogens is 1. The molecule has 6 heteroatoms. The molecule has 0 aromatic rings. The summed E-state index contributed by atoms with van der Waals surface area (Å²) in [6, 6.07) is -0.243. The molecule has 5 nitrogen and oxygen atoms in total. The largest absolute Gasteiger partial charge is 0.447 e. The lowest BCUT2D eigenvalue weighted by Crippen LogP contribution is -2.46. The zero-order chi connectivity index (χ0) is 15.3. The molecule has 1 fully saturated rings. The van der Waals surface area contributed by atoms with E-state index >= 15 is 0 Å². The van der Waals surface area contributed by atoms with Gasteiger partial charge in [0.25, 0.3) is 0 Å². The Morgan fingerprint density at radius 1 is 1.45 bits per heavy atom. The minimum absolute atomic E-state index is 0.131. The van der Waals surface area contributed by atoms with E-state index in [-0.39, 0.29) is 24.5 Å². The van der Waals surface area contributed by atoms with E-state index in [2.05, 4.69) is 0 Å². The number of aliphatic hydroxyl groups excluding tert-OH is 1. The average molecular weight is 306 g/mol. The van der Waals surface area contributed by atoms with Crippen LogP contribution < -0.4 is 0 Å². The summed E-state index contributed by atoms with van der Waals surface area (Å²) in [4.78, 5) is 25.3. The second-order valence-corrected chi connectivity index (χ2v) is 6.02. The molecule has 0 aliphatic carbocycles. The average Bonchev–Trinajstić information content (AvgIpc) is 2.79. The topological polar surface area (TPSA) is 66.8 Å². The van der Waals surface area contributed by atoms with Crippen LogP contribution in [0.1, 0.15) is 40.0 Å². The highest BCUT2D eigenvalue weighted by atomic mass is 35.5. The molecule has 2 amide bonds. The fourth-order valence-electron chi connectivity index (χ4n) is 2.26. The number of nitrogens with zero attached hydrogens (tertiary/aromatic N) is 1. The molecule has 1 saturated heterocycles. The summed E-state index contributed by atoms with van der Waals surface area (Å²) in [7, 11) is 0. The van der Waals surface area contributed by atoms with Crippen LogP contribution in [0.2, 0.25) is 0 Å². The van der Waals surface area contributed by atoms with Crippen molar-refractivity contribution in [1.29, 1.82) is 0 Å². The fraction of sp³-hybridized carbons (Fsp3) is 0.857. The summed E-state index contributed by atoms with van der Waals surface area (Å²) in [5.74, 6) is -0.295. The van der Waals surface area contributed by atoms with Crippen molar-refractivity contribution in [2.45, 2.75) is 52.2 Å². The quantitative estimate of drug-likeness (QED) is 0.579. The first-order valence-electron chi connectivity index (χ1n) is 7.14. The summed E-state index contributed by atoms with van der Waals surface area (Å²) >= 11 is 5.59. The maximum Gasteiger partial charge on any atom is 0.416 e. The van der Waals surface area contributed by atoms with Crippen molar-refractivity contribution in [2.24, 2.45) is 11.8 Å². The van der Waals surface area contributed by atoms with Crippen molar-refractivity contribution >= 4 is 23.6 Å². The van der Waals surface area contributed by atoms with Gasteiger partial charge >= 0.3 is 6.09 Å². The van der Waals surface area contributed by atoms with Crippen molar-refractivity contribution in [1.82, 2.24) is 4.90 Å². The Kier molecular flexibility index (Phi) is 6.76. The van der Waals surface area contributed by atoms with Crippen LogP contribution in [0.4, 0.5) is 4.79 Å². The number of imide groups is 1. The third-order valence-electron chi connectivity index (χ3n) is 3.76. The predicted molar refractivity (Wildman–Crippen MR) is 76.6 cm³/mol. The van der Waals surface area contributed by atoms with E-state index in [0.29, 0.717) is 12.3 Å². The molecule has 1 rings (SSSR count). The Morgan fingerprint density at radius 3 is 2.65 bits per heavy atom. The highest BCUT2D eigenvalue weighted by Gasteiger charge is 2.42. The number of ether oxygens (including phenoxy) is 1. The molecular weight excluding hydrogens is 282 g/mol. The second-order valence-electron chi connectivity index (χ2n) is 5.64. The Morgan fingerprint density at radius 2 is 2.10 bits per heavy atom. The van der Waals surface area contributed by atoms with E-state index in [9.17, 15) is 14.7 Å². The molecule has 1 N–H and O–H groups in total. The number of alkyl halides is 1. The molecule has 0 bridgehead atoms. The summed E-state index contributed by atoms with van der Waals surface area (Å²) in [5.41, 5.74) is 0. The second kappa shape index (κ2) is 7.84. The van der Waals surface area contributed by atoms with Gasteiger partial charge in [-0.1, -0.05) is 20.8 Å². The summed E-state index contributed by atoms with van der Waals surface area (Å²) < 4.78 is 4.96. The van der Waals surface area contributed by atoms with Gasteiger partial charge in [0.15, 0.2) is 0 Å². The third kappa shape index (κ3) is 4.09. The number of cyclic esters (lactones) is 1. The van der Waals surface area contributed by atoms with Crippen LogP contribution in [0.5, 0.6) is 0 Å². The molecule has 1 heterocycles. The molecule has 0 aromatic heterocycles. The van der Waals surface area contributed by atoms with E-state index in [4.69, 9.17) is 16.3 Å². The lowest BCUT2D eigenvalue weighted by molar-refractivity contribution is -0.137. The van der Waals surface area contributed by atoms with Gasteiger partial charge < -0.3 is 9.84 Å². The molecule has 0 radical (unpaired) electrons. The van der Waals surface area contributed by atoms with Crippen LogP contribution in [0, 0.1) is 11.8 Å². The third-order valence-corrected chi connectivity index (χ3v) is 4.03. The van der Waals surface area contributed by atoms with E-state index in [1.807, 2.05) is 13.8 Å². The molecule has 0 spiro atoms. The number of carbonyl (C=O) groups is 2. The van der Waals surface area contributed by atoms with Gasteiger partial charge in [-0.2, -0.15) is 0 Å². The van der Waals surface area contributed by atoms with Gasteiger partial charge in [0.05, 0.1) is 18.1 Å². The molecule has 0 unspecified atom stereocenters. The molecule has 0 aromatic carbocycles. The van der Waals surface area contributed by atoms with E-state index in [1.54, 1.807) is 6.92 Å². The lowest BCUT2D eigenvalue weighted by atomic mass is 9.96. The Hall–Kier alpha value is -0.810. The molecule has 3 atom stereocenters. The van der Waals surface area contributed by atoms with E-state index in [0.717, 1.165) is 12.8 Å². The van der Waals surface area contributed by atoms with Crippen molar-refractivity contribution in [3.63, 3.8) is 0 Å². The van der Waals surface area contributed by atoms with Crippen LogP contribution in [-0.4, -0.2) is 46.6 Å². The maximum absolute atomic E-state index is 12.4. The summed E-state index contributed by atoms with van der Waals surface area (Å²) in [5, 5.41) is 10.0. The molecule has 1 aliphatic heterocycles. The number of carbonyl (C=O) groups excluding carboxylic acids is 2. The highest BCUT2D eigenvalue weighted by molar-refractivity contribution is 6.17. The van der Waals surface area contributed by atoms with Gasteiger partial charge in [-0.05, 0) is 25.2 Å². The van der Waals surface area contributed by atoms with Crippen LogP contribution in [0.3, 0.4) is 0 Å². The number of unbranched alkanes of at least 4 members (excludes halogenated alkanes) is 1. The minimum atomic E-state index is -0.757. The number of hydrogen-bond acceptors (Lipinski definition) is 4. The predicted octanol–water partition coefficient (Wildman–Crippen LogP) is 2.40. The van der Waals surface area contributed by atoms with Gasteiger partial charge in [0.2, 0.25) is 5.91 Å². The summed E-state index contributed by atoms with van der Waals surface area (Å²) in [6.45, 7) is 5.76. The van der Waals surface area contributed by atoms with Crippen LogP contribution in [-0.2, 0) is 9.53 Å². The fourth-order valence-corrected chi connectivity index (χ4v) is 2.45. The molecular formula is C14H24ClNO4. The SMILES string of the molecule is CC(C)[C@H]1COC(=O)N1C(=O)[C@@H](C)[C@H](O)CCCCCl. The van der Waals surface area contributed by atoms with Gasteiger partial charge in [0, 0.05) is 5.88 Å². The first-order chi connectivity index (χ1) is 9.40. The zero-order valence-corrected chi connectivity index (χ0v) is 13.1. The van der Waals surface area contributed by atoms with Gasteiger partial charge in [-0.25, -0.2) is 9.69 Å². The number of amides is 2. The number of aliphatic hydroxyl groups is 1. The van der Waals surface area contributed by atoms with Gasteiger partial charge in [-0.3, -0.25) is 4.79 Å². The standard InChI is InChI=1S/C14H24ClNO4/c1-9(2)11-8-20-14(19)16(11)13(18)10(3)12(17)6-4-5-7-15/h9-12,17H,4-8H2,1-3H3/t10-,11+,12+/m0/s1. The van der Waals surface area contributed by atoms with E-state index < -0.39 is 18.1 Å². The Balaban J connectivity index is 2.64. The van der Waals surface area contributed by atoms with Crippen molar-refractivity contribution in [3.8, 4) is 0 Å². The monoisotopic (exact) mass is 305 g/mol. The van der Waals surface area contributed by atoms with E-state index in [1.165, 1.54) is 4.90 Å². The van der Waals surface area contributed by atoms with Crippen molar-refractivity contribution in [2.75, 3.05) is 12.5 Å². The van der Waals surface area contributed by atoms with Crippen LogP contribution in [0.15, 0.2) is 0 Å². The first-order valence-corrected chi connectivity index (χ1v) is 7.67. The molecule has 0 saturated carbocycles. The molecule has 1 aliphatic rings. The lowest BCUT2D eigenvalue weighted by Gasteiger charge is -2.27. The Labute approximate surface area is 125 Å². The highest BCUT2D eigenvalue weighted by Crippen LogP contribution is 2.24. The van der Waals surface area contributed by atoms with Gasteiger partial charge in [0.1, 0.15) is 6.61 Å². The number of rotatable bonds is 7.